The maximum Gasteiger partial charge on any atom is 0.260 e. The fourth-order valence-corrected chi connectivity index (χ4v) is 2.79. The Bertz CT molecular complexity index is 479. The van der Waals surface area contributed by atoms with E-state index in [1.807, 2.05) is 23.1 Å². The van der Waals surface area contributed by atoms with Crippen LogP contribution in [0.1, 0.15) is 26.2 Å². The maximum atomic E-state index is 12.5. The van der Waals surface area contributed by atoms with Gasteiger partial charge in [0.25, 0.3) is 5.91 Å². The summed E-state index contributed by atoms with van der Waals surface area (Å²) < 4.78 is 10.8. The zero-order valence-corrected chi connectivity index (χ0v) is 14.7. The molecule has 1 saturated heterocycles. The van der Waals surface area contributed by atoms with E-state index in [1.54, 1.807) is 13.2 Å². The summed E-state index contributed by atoms with van der Waals surface area (Å²) in [5.41, 5.74) is 0. The molecule has 0 bridgehead atoms. The summed E-state index contributed by atoms with van der Waals surface area (Å²) in [6.45, 7) is 4.94. The summed E-state index contributed by atoms with van der Waals surface area (Å²) >= 11 is 0. The highest BCUT2D eigenvalue weighted by Gasteiger charge is 2.24. The standard InChI is InChI=1S/C17H26N2O3.ClH/c1-3-11-19(14-7-9-18-10-8-14)17(20)13-22-16-6-4-5-15(12-16)21-2;/h4-6,12,14,18H,3,7-11,13H2,1-2H3;1H. The normalized spacial score (nSPS) is 14.7. The monoisotopic (exact) mass is 342 g/mol. The lowest BCUT2D eigenvalue weighted by atomic mass is 10.0. The smallest absolute Gasteiger partial charge is 0.260 e. The summed E-state index contributed by atoms with van der Waals surface area (Å²) in [5, 5.41) is 3.34. The molecule has 2 rings (SSSR count). The van der Waals surface area contributed by atoms with Gasteiger partial charge in [0.15, 0.2) is 6.61 Å². The van der Waals surface area contributed by atoms with Gasteiger partial charge in [-0.05, 0) is 44.5 Å². The molecule has 0 aromatic heterocycles. The van der Waals surface area contributed by atoms with E-state index in [0.717, 1.165) is 44.6 Å². The number of nitrogens with zero attached hydrogens (tertiary/aromatic N) is 1. The van der Waals surface area contributed by atoms with E-state index < -0.39 is 0 Å². The van der Waals surface area contributed by atoms with Crippen LogP contribution in [0.3, 0.4) is 0 Å². The molecule has 1 aliphatic rings. The zero-order valence-electron chi connectivity index (χ0n) is 13.9. The summed E-state index contributed by atoms with van der Waals surface area (Å²) in [5.74, 6) is 1.46. The van der Waals surface area contributed by atoms with Crippen molar-refractivity contribution in [2.45, 2.75) is 32.2 Å². The highest BCUT2D eigenvalue weighted by atomic mass is 35.5. The van der Waals surface area contributed by atoms with Crippen LogP contribution in [0.4, 0.5) is 0 Å². The predicted molar refractivity (Wildman–Crippen MR) is 93.6 cm³/mol. The number of carbonyl (C=O) groups is 1. The number of benzene rings is 1. The van der Waals surface area contributed by atoms with Crippen molar-refractivity contribution in [2.24, 2.45) is 0 Å². The van der Waals surface area contributed by atoms with Crippen LogP contribution in [0.15, 0.2) is 24.3 Å². The molecule has 0 atom stereocenters. The van der Waals surface area contributed by atoms with E-state index >= 15 is 0 Å². The molecule has 130 valence electrons. The number of nitrogens with one attached hydrogen (secondary N) is 1. The first-order valence-corrected chi connectivity index (χ1v) is 8.01. The Hall–Kier alpha value is -1.46. The average molecular weight is 343 g/mol. The first-order chi connectivity index (χ1) is 10.7. The van der Waals surface area contributed by atoms with Crippen molar-refractivity contribution in [3.8, 4) is 11.5 Å². The van der Waals surface area contributed by atoms with Gasteiger partial charge in [0.05, 0.1) is 7.11 Å². The van der Waals surface area contributed by atoms with E-state index in [4.69, 9.17) is 9.47 Å². The number of halogens is 1. The quantitative estimate of drug-likeness (QED) is 0.827. The van der Waals surface area contributed by atoms with Crippen molar-refractivity contribution in [1.29, 1.82) is 0 Å². The van der Waals surface area contributed by atoms with Crippen molar-refractivity contribution < 1.29 is 14.3 Å². The van der Waals surface area contributed by atoms with E-state index in [2.05, 4.69) is 12.2 Å². The molecule has 1 heterocycles. The van der Waals surface area contributed by atoms with Gasteiger partial charge >= 0.3 is 0 Å². The Morgan fingerprint density at radius 3 is 2.65 bits per heavy atom. The van der Waals surface area contributed by atoms with Gasteiger partial charge in [0.1, 0.15) is 11.5 Å². The Morgan fingerprint density at radius 1 is 1.30 bits per heavy atom. The van der Waals surface area contributed by atoms with E-state index in [-0.39, 0.29) is 24.9 Å². The molecule has 0 saturated carbocycles. The lowest BCUT2D eigenvalue weighted by Gasteiger charge is -2.34. The molecule has 0 unspecified atom stereocenters. The van der Waals surface area contributed by atoms with Gasteiger partial charge in [-0.2, -0.15) is 0 Å². The maximum absolute atomic E-state index is 12.5. The molecule has 1 aliphatic heterocycles. The topological polar surface area (TPSA) is 50.8 Å². The number of hydrogen-bond donors (Lipinski definition) is 1. The Morgan fingerprint density at radius 2 is 2.00 bits per heavy atom. The van der Waals surface area contributed by atoms with Crippen molar-refractivity contribution in [2.75, 3.05) is 33.4 Å². The van der Waals surface area contributed by atoms with Gasteiger partial charge in [-0.15, -0.1) is 12.4 Å². The lowest BCUT2D eigenvalue weighted by molar-refractivity contribution is -0.136. The minimum Gasteiger partial charge on any atom is -0.497 e. The fraction of sp³-hybridized carbons (Fsp3) is 0.588. The van der Waals surface area contributed by atoms with Crippen LogP contribution < -0.4 is 14.8 Å². The molecular formula is C17H27ClN2O3. The Balaban J connectivity index is 0.00000264. The van der Waals surface area contributed by atoms with Gasteiger partial charge in [-0.1, -0.05) is 13.0 Å². The molecule has 0 aliphatic carbocycles. The Labute approximate surface area is 144 Å². The van der Waals surface area contributed by atoms with Crippen molar-refractivity contribution >= 4 is 18.3 Å². The number of piperidine rings is 1. The van der Waals surface area contributed by atoms with Crippen molar-refractivity contribution in [3.63, 3.8) is 0 Å². The third-order valence-corrected chi connectivity index (χ3v) is 3.94. The average Bonchev–Trinajstić information content (AvgIpc) is 2.58. The van der Waals surface area contributed by atoms with E-state index in [1.165, 1.54) is 0 Å². The molecule has 0 spiro atoms. The molecule has 1 fully saturated rings. The zero-order chi connectivity index (χ0) is 15.8. The Kier molecular flexibility index (Phi) is 8.81. The molecule has 1 N–H and O–H groups in total. The summed E-state index contributed by atoms with van der Waals surface area (Å²) in [6.07, 6.45) is 3.00. The van der Waals surface area contributed by atoms with Gasteiger partial charge < -0.3 is 19.7 Å². The number of carbonyl (C=O) groups excluding carboxylic acids is 1. The van der Waals surface area contributed by atoms with Crippen LogP contribution in [0.5, 0.6) is 11.5 Å². The fourth-order valence-electron chi connectivity index (χ4n) is 2.79. The second kappa shape index (κ2) is 10.3. The first-order valence-electron chi connectivity index (χ1n) is 8.01. The second-order valence-electron chi connectivity index (χ2n) is 5.54. The molecular weight excluding hydrogens is 316 g/mol. The van der Waals surface area contributed by atoms with Gasteiger partial charge in [0.2, 0.25) is 0 Å². The van der Waals surface area contributed by atoms with Crippen LogP contribution in [-0.4, -0.2) is 50.2 Å². The largest absolute Gasteiger partial charge is 0.497 e. The third-order valence-electron chi connectivity index (χ3n) is 3.94. The highest BCUT2D eigenvalue weighted by Crippen LogP contribution is 2.19. The molecule has 6 heteroatoms. The van der Waals surface area contributed by atoms with Crippen LogP contribution in [0.2, 0.25) is 0 Å². The number of ether oxygens (including phenoxy) is 2. The minimum absolute atomic E-state index is 0. The van der Waals surface area contributed by atoms with Crippen LogP contribution in [-0.2, 0) is 4.79 Å². The summed E-state index contributed by atoms with van der Waals surface area (Å²) in [4.78, 5) is 14.5. The SMILES string of the molecule is CCCN(C(=O)COc1cccc(OC)c1)C1CCNCC1.Cl. The highest BCUT2D eigenvalue weighted by molar-refractivity contribution is 5.85. The second-order valence-corrected chi connectivity index (χ2v) is 5.54. The minimum atomic E-state index is 0. The number of hydrogen-bond acceptors (Lipinski definition) is 4. The van der Waals surface area contributed by atoms with Crippen LogP contribution in [0, 0.1) is 0 Å². The van der Waals surface area contributed by atoms with Crippen molar-refractivity contribution in [1.82, 2.24) is 10.2 Å². The van der Waals surface area contributed by atoms with Gasteiger partial charge in [-0.3, -0.25) is 4.79 Å². The molecule has 23 heavy (non-hydrogen) atoms. The van der Waals surface area contributed by atoms with Crippen LogP contribution in [0.25, 0.3) is 0 Å². The van der Waals surface area contributed by atoms with Gasteiger partial charge in [0, 0.05) is 18.7 Å². The summed E-state index contributed by atoms with van der Waals surface area (Å²) in [7, 11) is 1.62. The predicted octanol–water partition coefficient (Wildman–Crippen LogP) is 2.49. The number of rotatable bonds is 7. The van der Waals surface area contributed by atoms with E-state index in [0.29, 0.717) is 11.8 Å². The molecule has 1 aromatic carbocycles. The molecule has 1 aromatic rings. The van der Waals surface area contributed by atoms with Gasteiger partial charge in [-0.25, -0.2) is 0 Å². The van der Waals surface area contributed by atoms with Crippen molar-refractivity contribution in [3.05, 3.63) is 24.3 Å². The molecule has 1 amide bonds. The number of amides is 1. The number of methoxy groups -OCH3 is 1. The lowest BCUT2D eigenvalue weighted by Crippen LogP contribution is -2.48. The van der Waals surface area contributed by atoms with Crippen LogP contribution >= 0.6 is 12.4 Å². The summed E-state index contributed by atoms with van der Waals surface area (Å²) in [6, 6.07) is 7.68. The molecule has 0 radical (unpaired) electrons. The van der Waals surface area contributed by atoms with E-state index in [9.17, 15) is 4.79 Å². The molecule has 5 nitrogen and oxygen atoms in total. The third kappa shape index (κ3) is 5.92. The first kappa shape index (κ1) is 19.6.